The minimum absolute atomic E-state index is 0.727. The van der Waals surface area contributed by atoms with E-state index in [-0.39, 0.29) is 0 Å². The summed E-state index contributed by atoms with van der Waals surface area (Å²) in [4.78, 5) is 10.9. The largest absolute Gasteiger partial charge is 0.227 e. The Morgan fingerprint density at radius 3 is 0.900 bits per heavy atom. The van der Waals surface area contributed by atoms with E-state index in [2.05, 4.69) is 182 Å². The zero-order chi connectivity index (χ0) is 33.0. The third kappa shape index (κ3) is 4.89. The van der Waals surface area contributed by atoms with Crippen molar-refractivity contribution >= 4 is 54.1 Å². The molecule has 0 unspecified atom stereocenters. The van der Waals surface area contributed by atoms with Crippen molar-refractivity contribution in [2.75, 3.05) is 0 Å². The summed E-state index contributed by atoms with van der Waals surface area (Å²) < 4.78 is 0. The lowest BCUT2D eigenvalue weighted by Crippen LogP contribution is -1.97. The van der Waals surface area contributed by atoms with E-state index in [0.717, 1.165) is 55.8 Å². The third-order valence-electron chi connectivity index (χ3n) is 9.97. The number of rotatable bonds is 4. The summed E-state index contributed by atoms with van der Waals surface area (Å²) in [6.45, 7) is 0. The molecule has 50 heavy (non-hydrogen) atoms. The van der Waals surface area contributed by atoms with Crippen LogP contribution < -0.4 is 0 Å². The van der Waals surface area contributed by atoms with Gasteiger partial charge in [0.15, 0.2) is 5.65 Å². The number of pyridine rings is 2. The lowest BCUT2D eigenvalue weighted by molar-refractivity contribution is 1.29. The van der Waals surface area contributed by atoms with E-state index in [1.54, 1.807) is 0 Å². The molecule has 0 aliphatic carbocycles. The molecule has 2 aromatic heterocycles. The Balaban J connectivity index is 1.26. The van der Waals surface area contributed by atoms with E-state index in [0.29, 0.717) is 0 Å². The first-order chi connectivity index (χ1) is 24.7. The van der Waals surface area contributed by atoms with Gasteiger partial charge in [0.05, 0.1) is 11.4 Å². The topological polar surface area (TPSA) is 25.8 Å². The van der Waals surface area contributed by atoms with Gasteiger partial charge in [0.2, 0.25) is 0 Å². The van der Waals surface area contributed by atoms with Gasteiger partial charge < -0.3 is 0 Å². The normalized spacial score (nSPS) is 11.6. The molecule has 0 amide bonds. The molecule has 2 nitrogen and oxygen atoms in total. The first-order valence-corrected chi connectivity index (χ1v) is 17.1. The molecule has 0 aliphatic rings. The van der Waals surface area contributed by atoms with E-state index in [9.17, 15) is 0 Å². The fraction of sp³-hybridized carbons (Fsp3) is 0. The van der Waals surface area contributed by atoms with E-state index < -0.39 is 0 Å². The summed E-state index contributed by atoms with van der Waals surface area (Å²) in [5, 5.41) is 10.6. The highest BCUT2D eigenvalue weighted by molar-refractivity contribution is 6.00. The van der Waals surface area contributed by atoms with Crippen LogP contribution in [0.5, 0.6) is 0 Å². The second-order valence-corrected chi connectivity index (χ2v) is 13.1. The molecule has 0 aliphatic heterocycles. The zero-order valence-electron chi connectivity index (χ0n) is 27.2. The van der Waals surface area contributed by atoms with Gasteiger partial charge in [-0.1, -0.05) is 146 Å². The fourth-order valence-corrected chi connectivity index (χ4v) is 7.37. The van der Waals surface area contributed by atoms with Crippen molar-refractivity contribution in [3.05, 3.63) is 182 Å². The van der Waals surface area contributed by atoms with Crippen LogP contribution in [0.2, 0.25) is 0 Å². The minimum atomic E-state index is 0.727. The lowest BCUT2D eigenvalue weighted by Gasteiger charge is -2.16. The Bertz CT molecular complexity index is 2540. The minimum Gasteiger partial charge on any atom is -0.227 e. The SMILES string of the molecule is c1ccc2cc(-c3cc4cc(-c5ccc6ccccc6c5)c(-c5ccc6ccccc6c5)nc4nc3-c3ccc4ccccc4c3)ccc2c1. The standard InChI is InChI=1S/C48H30N2/c1-5-13-35-25-39(21-17-31(35)9-1)44-29-43-30-45(40-22-18-32-10-2-6-14-36(32)26-40)47(42-24-20-34-12-4-8-16-38(34)28-42)50-48(43)49-46(44)41-23-19-33-11-3-7-15-37(33)27-41/h1-30H. The predicted molar refractivity (Wildman–Crippen MR) is 211 cm³/mol. The molecular formula is C48H30N2. The van der Waals surface area contributed by atoms with Crippen LogP contribution in [0.15, 0.2) is 182 Å². The monoisotopic (exact) mass is 634 g/mol. The molecule has 0 radical (unpaired) electrons. The summed E-state index contributed by atoms with van der Waals surface area (Å²) in [5.74, 6) is 0. The van der Waals surface area contributed by atoms with Crippen LogP contribution in [0, 0.1) is 0 Å². The first-order valence-electron chi connectivity index (χ1n) is 17.1. The van der Waals surface area contributed by atoms with Gasteiger partial charge in [-0.15, -0.1) is 0 Å². The molecule has 232 valence electrons. The number of hydrogen-bond acceptors (Lipinski definition) is 2. The van der Waals surface area contributed by atoms with E-state index in [1.807, 2.05) is 0 Å². The third-order valence-corrected chi connectivity index (χ3v) is 9.97. The first kappa shape index (κ1) is 28.4. The van der Waals surface area contributed by atoms with Crippen molar-refractivity contribution in [2.24, 2.45) is 0 Å². The summed E-state index contributed by atoms with van der Waals surface area (Å²) in [6.07, 6.45) is 0. The van der Waals surface area contributed by atoms with Crippen LogP contribution in [0.4, 0.5) is 0 Å². The van der Waals surface area contributed by atoms with Crippen molar-refractivity contribution in [1.29, 1.82) is 0 Å². The molecule has 0 spiro atoms. The quantitative estimate of drug-likeness (QED) is 0.192. The summed E-state index contributed by atoms with van der Waals surface area (Å²) in [6, 6.07) is 65.3. The maximum atomic E-state index is 5.43. The Hall–Kier alpha value is -6.64. The van der Waals surface area contributed by atoms with Gasteiger partial charge in [0, 0.05) is 27.6 Å². The van der Waals surface area contributed by atoms with Crippen molar-refractivity contribution in [3.8, 4) is 44.8 Å². The average Bonchev–Trinajstić information content (AvgIpc) is 3.19. The molecule has 10 rings (SSSR count). The molecular weight excluding hydrogens is 605 g/mol. The smallest absolute Gasteiger partial charge is 0.160 e. The van der Waals surface area contributed by atoms with Gasteiger partial charge in [-0.3, -0.25) is 0 Å². The maximum absolute atomic E-state index is 5.43. The van der Waals surface area contributed by atoms with Crippen LogP contribution in [0.3, 0.4) is 0 Å². The summed E-state index contributed by atoms with van der Waals surface area (Å²) in [7, 11) is 0. The molecule has 0 saturated carbocycles. The van der Waals surface area contributed by atoms with Crippen LogP contribution in [0.25, 0.3) is 98.9 Å². The molecule has 10 aromatic rings. The van der Waals surface area contributed by atoms with Crippen molar-refractivity contribution < 1.29 is 0 Å². The molecule has 0 saturated heterocycles. The van der Waals surface area contributed by atoms with Crippen molar-refractivity contribution in [2.45, 2.75) is 0 Å². The van der Waals surface area contributed by atoms with E-state index in [4.69, 9.17) is 9.97 Å². The van der Waals surface area contributed by atoms with E-state index in [1.165, 1.54) is 43.1 Å². The summed E-state index contributed by atoms with van der Waals surface area (Å²) >= 11 is 0. The van der Waals surface area contributed by atoms with Crippen LogP contribution in [0.1, 0.15) is 0 Å². The Morgan fingerprint density at radius 1 is 0.240 bits per heavy atom. The van der Waals surface area contributed by atoms with Gasteiger partial charge in [-0.2, -0.15) is 0 Å². The molecule has 0 N–H and O–H groups in total. The second-order valence-electron chi connectivity index (χ2n) is 13.1. The van der Waals surface area contributed by atoms with Crippen LogP contribution in [-0.4, -0.2) is 9.97 Å². The van der Waals surface area contributed by atoms with Crippen LogP contribution >= 0.6 is 0 Å². The maximum Gasteiger partial charge on any atom is 0.160 e. The highest BCUT2D eigenvalue weighted by Gasteiger charge is 2.18. The lowest BCUT2D eigenvalue weighted by atomic mass is 9.92. The van der Waals surface area contributed by atoms with Gasteiger partial charge in [-0.25, -0.2) is 9.97 Å². The molecule has 0 fully saturated rings. The number of fused-ring (bicyclic) bond motifs is 5. The van der Waals surface area contributed by atoms with Crippen molar-refractivity contribution in [3.63, 3.8) is 0 Å². The van der Waals surface area contributed by atoms with Gasteiger partial charge in [0.25, 0.3) is 0 Å². The summed E-state index contributed by atoms with van der Waals surface area (Å²) in [5.41, 5.74) is 9.15. The second kappa shape index (κ2) is 11.5. The number of hydrogen-bond donors (Lipinski definition) is 0. The molecule has 0 bridgehead atoms. The molecule has 2 heteroatoms. The predicted octanol–water partition coefficient (Wildman–Crippen LogP) is 12.9. The molecule has 8 aromatic carbocycles. The highest BCUT2D eigenvalue weighted by atomic mass is 14.9. The van der Waals surface area contributed by atoms with Gasteiger partial charge >= 0.3 is 0 Å². The number of benzene rings is 8. The molecule has 2 heterocycles. The average molecular weight is 635 g/mol. The zero-order valence-corrected chi connectivity index (χ0v) is 27.2. The highest BCUT2D eigenvalue weighted by Crippen LogP contribution is 2.40. The Kier molecular flexibility index (Phi) is 6.53. The van der Waals surface area contributed by atoms with Gasteiger partial charge in [0.1, 0.15) is 0 Å². The number of nitrogens with zero attached hydrogens (tertiary/aromatic N) is 2. The van der Waals surface area contributed by atoms with Crippen LogP contribution in [-0.2, 0) is 0 Å². The fourth-order valence-electron chi connectivity index (χ4n) is 7.37. The Morgan fingerprint density at radius 2 is 0.540 bits per heavy atom. The Labute approximate surface area is 290 Å². The number of aromatic nitrogens is 2. The van der Waals surface area contributed by atoms with E-state index >= 15 is 0 Å². The van der Waals surface area contributed by atoms with Gasteiger partial charge in [-0.05, 0) is 90.6 Å². The molecule has 0 atom stereocenters. The van der Waals surface area contributed by atoms with Crippen molar-refractivity contribution in [1.82, 2.24) is 9.97 Å².